The smallest absolute Gasteiger partial charge is 0.180 e. The first-order valence-electron chi connectivity index (χ1n) is 6.27. The standard InChI is InChI=1S/C14H21NO2/c1-17-14(16)12-4-2-10(3-5-12)11-6-8-13(15)9-7-11/h2-5,11,13-14,16H,6-9,15H2,1H3. The molecule has 1 aliphatic carbocycles. The summed E-state index contributed by atoms with van der Waals surface area (Å²) in [7, 11) is 1.50. The van der Waals surface area contributed by atoms with E-state index in [1.807, 2.05) is 12.1 Å². The number of ether oxygens (including phenoxy) is 1. The SMILES string of the molecule is COC(O)c1ccc(C2CCC(N)CC2)cc1. The molecular formula is C14H21NO2. The summed E-state index contributed by atoms with van der Waals surface area (Å²) in [6.45, 7) is 0. The fourth-order valence-electron chi connectivity index (χ4n) is 2.52. The molecule has 3 N–H and O–H groups in total. The van der Waals surface area contributed by atoms with E-state index in [4.69, 9.17) is 10.5 Å². The van der Waals surface area contributed by atoms with Crippen LogP contribution in [0.1, 0.15) is 49.0 Å². The van der Waals surface area contributed by atoms with Gasteiger partial charge in [-0.25, -0.2) is 0 Å². The zero-order valence-corrected chi connectivity index (χ0v) is 10.3. The van der Waals surface area contributed by atoms with Gasteiger partial charge >= 0.3 is 0 Å². The minimum atomic E-state index is -0.816. The summed E-state index contributed by atoms with van der Waals surface area (Å²) in [6.07, 6.45) is 3.77. The summed E-state index contributed by atoms with van der Waals surface area (Å²) in [6, 6.07) is 8.47. The largest absolute Gasteiger partial charge is 0.364 e. The van der Waals surface area contributed by atoms with Gasteiger partial charge in [0, 0.05) is 18.7 Å². The van der Waals surface area contributed by atoms with Crippen LogP contribution in [-0.2, 0) is 4.74 Å². The maximum absolute atomic E-state index is 9.53. The molecule has 17 heavy (non-hydrogen) atoms. The van der Waals surface area contributed by atoms with Crippen molar-refractivity contribution in [3.63, 3.8) is 0 Å². The lowest BCUT2D eigenvalue weighted by atomic mass is 9.82. The number of rotatable bonds is 3. The molecule has 1 saturated carbocycles. The van der Waals surface area contributed by atoms with Crippen molar-refractivity contribution in [2.24, 2.45) is 5.73 Å². The quantitative estimate of drug-likeness (QED) is 0.790. The molecule has 0 heterocycles. The predicted molar refractivity (Wildman–Crippen MR) is 67.6 cm³/mol. The molecule has 0 aliphatic heterocycles. The molecule has 2 rings (SSSR count). The van der Waals surface area contributed by atoms with Gasteiger partial charge in [0.2, 0.25) is 0 Å². The van der Waals surface area contributed by atoms with Gasteiger partial charge in [-0.1, -0.05) is 24.3 Å². The van der Waals surface area contributed by atoms with Crippen LogP contribution in [0.2, 0.25) is 0 Å². The molecular weight excluding hydrogens is 214 g/mol. The van der Waals surface area contributed by atoms with Crippen LogP contribution < -0.4 is 5.73 Å². The number of aliphatic hydroxyl groups is 1. The fraction of sp³-hybridized carbons (Fsp3) is 0.571. The highest BCUT2D eigenvalue weighted by molar-refractivity contribution is 5.26. The van der Waals surface area contributed by atoms with Crippen molar-refractivity contribution in [3.8, 4) is 0 Å². The van der Waals surface area contributed by atoms with Gasteiger partial charge in [0.25, 0.3) is 0 Å². The molecule has 1 aromatic carbocycles. The van der Waals surface area contributed by atoms with E-state index in [0.29, 0.717) is 12.0 Å². The summed E-state index contributed by atoms with van der Waals surface area (Å²) in [5.41, 5.74) is 8.07. The molecule has 1 aliphatic rings. The van der Waals surface area contributed by atoms with E-state index in [1.165, 1.54) is 25.5 Å². The van der Waals surface area contributed by atoms with Crippen molar-refractivity contribution in [1.82, 2.24) is 0 Å². The molecule has 0 aromatic heterocycles. The third kappa shape index (κ3) is 3.06. The van der Waals surface area contributed by atoms with Gasteiger partial charge in [-0.15, -0.1) is 0 Å². The molecule has 1 atom stereocenters. The van der Waals surface area contributed by atoms with Crippen LogP contribution >= 0.6 is 0 Å². The molecule has 1 aromatic rings. The van der Waals surface area contributed by atoms with Gasteiger partial charge in [0.15, 0.2) is 6.29 Å². The van der Waals surface area contributed by atoms with Crippen LogP contribution in [0.3, 0.4) is 0 Å². The zero-order chi connectivity index (χ0) is 12.3. The van der Waals surface area contributed by atoms with E-state index in [-0.39, 0.29) is 0 Å². The average Bonchev–Trinajstić information content (AvgIpc) is 2.39. The molecule has 94 valence electrons. The number of hydrogen-bond acceptors (Lipinski definition) is 3. The van der Waals surface area contributed by atoms with Gasteiger partial charge in [-0.3, -0.25) is 0 Å². The van der Waals surface area contributed by atoms with Crippen LogP contribution in [-0.4, -0.2) is 18.3 Å². The lowest BCUT2D eigenvalue weighted by molar-refractivity contribution is -0.0769. The summed E-state index contributed by atoms with van der Waals surface area (Å²) in [5, 5.41) is 9.53. The molecule has 3 nitrogen and oxygen atoms in total. The first-order chi connectivity index (χ1) is 8.20. The zero-order valence-electron chi connectivity index (χ0n) is 10.3. The Labute approximate surface area is 103 Å². The molecule has 0 spiro atoms. The molecule has 0 amide bonds. The Balaban J connectivity index is 2.02. The Morgan fingerprint density at radius 1 is 1.18 bits per heavy atom. The lowest BCUT2D eigenvalue weighted by Gasteiger charge is -2.26. The molecule has 1 fully saturated rings. The van der Waals surface area contributed by atoms with Crippen LogP contribution in [0.5, 0.6) is 0 Å². The number of aliphatic hydroxyl groups excluding tert-OH is 1. The highest BCUT2D eigenvalue weighted by Gasteiger charge is 2.20. The van der Waals surface area contributed by atoms with E-state index in [9.17, 15) is 5.11 Å². The van der Waals surface area contributed by atoms with E-state index >= 15 is 0 Å². The van der Waals surface area contributed by atoms with Crippen molar-refractivity contribution in [1.29, 1.82) is 0 Å². The number of benzene rings is 1. The minimum absolute atomic E-state index is 0.390. The Hall–Kier alpha value is -0.900. The number of nitrogens with two attached hydrogens (primary N) is 1. The highest BCUT2D eigenvalue weighted by atomic mass is 16.6. The molecule has 0 bridgehead atoms. The van der Waals surface area contributed by atoms with Crippen molar-refractivity contribution >= 4 is 0 Å². The van der Waals surface area contributed by atoms with Gasteiger partial charge in [0.1, 0.15) is 0 Å². The topological polar surface area (TPSA) is 55.5 Å². The van der Waals surface area contributed by atoms with Crippen LogP contribution in [0.4, 0.5) is 0 Å². The lowest BCUT2D eigenvalue weighted by Crippen LogP contribution is -2.25. The van der Waals surface area contributed by atoms with Gasteiger partial charge in [-0.05, 0) is 37.2 Å². The summed E-state index contributed by atoms with van der Waals surface area (Å²) < 4.78 is 4.87. The molecule has 0 radical (unpaired) electrons. The van der Waals surface area contributed by atoms with Crippen molar-refractivity contribution in [2.75, 3.05) is 7.11 Å². The first kappa shape index (κ1) is 12.6. The third-order valence-electron chi connectivity index (χ3n) is 3.69. The molecule has 1 unspecified atom stereocenters. The third-order valence-corrected chi connectivity index (χ3v) is 3.69. The van der Waals surface area contributed by atoms with Crippen LogP contribution in [0.25, 0.3) is 0 Å². The predicted octanol–water partition coefficient (Wildman–Crippen LogP) is 2.31. The normalized spacial score (nSPS) is 26.8. The van der Waals surface area contributed by atoms with E-state index in [0.717, 1.165) is 18.4 Å². The van der Waals surface area contributed by atoms with Crippen molar-refractivity contribution < 1.29 is 9.84 Å². The Bertz CT molecular complexity index is 342. The first-order valence-corrected chi connectivity index (χ1v) is 6.27. The second-order valence-corrected chi connectivity index (χ2v) is 4.87. The molecule has 0 saturated heterocycles. The number of methoxy groups -OCH3 is 1. The van der Waals surface area contributed by atoms with E-state index < -0.39 is 6.29 Å². The van der Waals surface area contributed by atoms with Crippen LogP contribution in [0.15, 0.2) is 24.3 Å². The second-order valence-electron chi connectivity index (χ2n) is 4.87. The fourth-order valence-corrected chi connectivity index (χ4v) is 2.52. The van der Waals surface area contributed by atoms with Crippen LogP contribution in [0, 0.1) is 0 Å². The monoisotopic (exact) mass is 235 g/mol. The maximum atomic E-state index is 9.53. The van der Waals surface area contributed by atoms with Crippen molar-refractivity contribution in [2.45, 2.75) is 43.9 Å². The highest BCUT2D eigenvalue weighted by Crippen LogP contribution is 2.32. The van der Waals surface area contributed by atoms with Gasteiger partial charge in [-0.2, -0.15) is 0 Å². The second kappa shape index (κ2) is 5.63. The van der Waals surface area contributed by atoms with E-state index in [1.54, 1.807) is 0 Å². The van der Waals surface area contributed by atoms with Gasteiger partial charge in [0.05, 0.1) is 0 Å². The summed E-state index contributed by atoms with van der Waals surface area (Å²) in [4.78, 5) is 0. The minimum Gasteiger partial charge on any atom is -0.364 e. The molecule has 3 heteroatoms. The summed E-state index contributed by atoms with van der Waals surface area (Å²) >= 11 is 0. The van der Waals surface area contributed by atoms with Crippen molar-refractivity contribution in [3.05, 3.63) is 35.4 Å². The number of hydrogen-bond donors (Lipinski definition) is 2. The summed E-state index contributed by atoms with van der Waals surface area (Å²) in [5.74, 6) is 0.628. The van der Waals surface area contributed by atoms with E-state index in [2.05, 4.69) is 12.1 Å². The average molecular weight is 235 g/mol. The van der Waals surface area contributed by atoms with Gasteiger partial charge < -0.3 is 15.6 Å². The Morgan fingerprint density at radius 3 is 2.29 bits per heavy atom. The maximum Gasteiger partial charge on any atom is 0.180 e. The Morgan fingerprint density at radius 2 is 1.76 bits per heavy atom. The Kier molecular flexibility index (Phi) is 4.15.